The minimum atomic E-state index is -0.466. The summed E-state index contributed by atoms with van der Waals surface area (Å²) in [7, 11) is 0. The second-order valence-electron chi connectivity index (χ2n) is 4.97. The fraction of sp³-hybridized carbons (Fsp3) is 0.105. The smallest absolute Gasteiger partial charge is 0.181 e. The molecule has 1 unspecified atom stereocenters. The van der Waals surface area contributed by atoms with Crippen LogP contribution in [0.25, 0.3) is 10.8 Å². The number of fused-ring (bicyclic) bond motifs is 1. The van der Waals surface area contributed by atoms with Crippen molar-refractivity contribution in [2.24, 2.45) is 0 Å². The van der Waals surface area contributed by atoms with Crippen LogP contribution in [0.2, 0.25) is 0 Å². The zero-order valence-corrected chi connectivity index (χ0v) is 12.2. The third kappa shape index (κ3) is 3.18. The van der Waals surface area contributed by atoms with Crippen LogP contribution in [0.1, 0.15) is 6.92 Å². The zero-order chi connectivity index (χ0) is 15.4. The van der Waals surface area contributed by atoms with E-state index in [9.17, 15) is 0 Å². The van der Waals surface area contributed by atoms with Crippen molar-refractivity contribution in [1.82, 2.24) is 0 Å². The van der Waals surface area contributed by atoms with Crippen LogP contribution in [0.4, 0.5) is 0 Å². The number of rotatable bonds is 4. The van der Waals surface area contributed by atoms with E-state index in [1.165, 1.54) is 5.39 Å². The van der Waals surface area contributed by atoms with Crippen molar-refractivity contribution >= 4 is 10.8 Å². The second kappa shape index (κ2) is 6.19. The first-order valence-electron chi connectivity index (χ1n) is 7.07. The maximum Gasteiger partial charge on any atom is 0.181 e. The molecule has 0 fully saturated rings. The third-order valence-corrected chi connectivity index (χ3v) is 3.28. The third-order valence-electron chi connectivity index (χ3n) is 3.28. The summed E-state index contributed by atoms with van der Waals surface area (Å²) in [5.41, 5.74) is 0. The van der Waals surface area contributed by atoms with Crippen LogP contribution in [0.3, 0.4) is 0 Å². The molecule has 108 valence electrons. The predicted octanol–water partition coefficient (Wildman–Crippen LogP) is 4.92. The lowest BCUT2D eigenvalue weighted by Crippen LogP contribution is -2.07. The molecule has 0 radical (unpaired) electrons. The number of hydrogen-bond donors (Lipinski definition) is 0. The Bertz CT molecular complexity index is 819. The van der Waals surface area contributed by atoms with Gasteiger partial charge in [-0.25, -0.2) is 0 Å². The highest BCUT2D eigenvalue weighted by atomic mass is 16.5. The van der Waals surface area contributed by atoms with Crippen LogP contribution >= 0.6 is 0 Å². The van der Waals surface area contributed by atoms with Crippen LogP contribution in [0, 0.1) is 11.3 Å². The molecule has 22 heavy (non-hydrogen) atoms. The van der Waals surface area contributed by atoms with E-state index in [2.05, 4.69) is 12.1 Å². The lowest BCUT2D eigenvalue weighted by molar-refractivity contribution is 0.276. The van der Waals surface area contributed by atoms with Gasteiger partial charge >= 0.3 is 0 Å². The summed E-state index contributed by atoms with van der Waals surface area (Å²) in [6.45, 7) is 1.71. The van der Waals surface area contributed by atoms with Crippen LogP contribution in [0.5, 0.6) is 17.2 Å². The quantitative estimate of drug-likeness (QED) is 0.684. The lowest BCUT2D eigenvalue weighted by atomic mass is 10.1. The lowest BCUT2D eigenvalue weighted by Gasteiger charge is -2.10. The maximum atomic E-state index is 8.73. The van der Waals surface area contributed by atoms with Gasteiger partial charge in [0.05, 0.1) is 0 Å². The summed E-state index contributed by atoms with van der Waals surface area (Å²) in [6.07, 6.45) is -0.466. The van der Waals surface area contributed by atoms with Crippen LogP contribution in [0.15, 0.2) is 66.7 Å². The summed E-state index contributed by atoms with van der Waals surface area (Å²) < 4.78 is 11.3. The molecule has 3 heteroatoms. The van der Waals surface area contributed by atoms with Gasteiger partial charge in [-0.15, -0.1) is 0 Å². The monoisotopic (exact) mass is 289 g/mol. The Labute approximate surface area is 129 Å². The van der Waals surface area contributed by atoms with Gasteiger partial charge in [-0.05, 0) is 54.1 Å². The highest BCUT2D eigenvalue weighted by Gasteiger charge is 2.03. The van der Waals surface area contributed by atoms with Gasteiger partial charge in [0.2, 0.25) is 0 Å². The first-order chi connectivity index (χ1) is 10.7. The van der Waals surface area contributed by atoms with Gasteiger partial charge in [0.15, 0.2) is 6.10 Å². The van der Waals surface area contributed by atoms with Crippen molar-refractivity contribution in [3.05, 3.63) is 66.7 Å². The normalized spacial score (nSPS) is 11.6. The summed E-state index contributed by atoms with van der Waals surface area (Å²) in [6, 6.07) is 23.4. The molecule has 0 aliphatic heterocycles. The average Bonchev–Trinajstić information content (AvgIpc) is 2.56. The first-order valence-corrected chi connectivity index (χ1v) is 7.07. The standard InChI is InChI=1S/C19H15NO2/c1-14(13-20)21-17-8-10-18(11-9-17)22-19-7-6-15-4-2-3-5-16(15)12-19/h2-12,14H,1H3. The molecule has 0 spiro atoms. The van der Waals surface area contributed by atoms with Crippen molar-refractivity contribution in [3.8, 4) is 23.3 Å². The van der Waals surface area contributed by atoms with Gasteiger partial charge in [0.1, 0.15) is 23.3 Å². The Morgan fingerprint density at radius 2 is 1.45 bits per heavy atom. The van der Waals surface area contributed by atoms with E-state index >= 15 is 0 Å². The van der Waals surface area contributed by atoms with Crippen LogP contribution in [-0.2, 0) is 0 Å². The molecule has 1 atom stereocenters. The van der Waals surface area contributed by atoms with E-state index in [1.54, 1.807) is 19.1 Å². The van der Waals surface area contributed by atoms with E-state index < -0.39 is 6.10 Å². The molecule has 0 amide bonds. The number of benzene rings is 3. The summed E-state index contributed by atoms with van der Waals surface area (Å²) in [4.78, 5) is 0. The highest BCUT2D eigenvalue weighted by Crippen LogP contribution is 2.27. The average molecular weight is 289 g/mol. The van der Waals surface area contributed by atoms with Crippen LogP contribution < -0.4 is 9.47 Å². The van der Waals surface area contributed by atoms with E-state index in [0.29, 0.717) is 5.75 Å². The topological polar surface area (TPSA) is 42.2 Å². The fourth-order valence-corrected chi connectivity index (χ4v) is 2.18. The molecular weight excluding hydrogens is 274 g/mol. The van der Waals surface area contributed by atoms with E-state index in [4.69, 9.17) is 14.7 Å². The van der Waals surface area contributed by atoms with Gasteiger partial charge in [-0.3, -0.25) is 0 Å². The molecule has 0 N–H and O–H groups in total. The molecule has 0 bridgehead atoms. The second-order valence-corrected chi connectivity index (χ2v) is 4.97. The van der Waals surface area contributed by atoms with E-state index in [-0.39, 0.29) is 0 Å². The van der Waals surface area contributed by atoms with E-state index in [0.717, 1.165) is 16.9 Å². The molecule has 3 rings (SSSR count). The molecule has 0 aliphatic carbocycles. The largest absolute Gasteiger partial charge is 0.476 e. The first kappa shape index (κ1) is 14.0. The highest BCUT2D eigenvalue weighted by molar-refractivity contribution is 5.83. The Morgan fingerprint density at radius 1 is 0.818 bits per heavy atom. The van der Waals surface area contributed by atoms with Gasteiger partial charge in [0.25, 0.3) is 0 Å². The number of nitrogens with zero attached hydrogens (tertiary/aromatic N) is 1. The molecule has 0 saturated carbocycles. The number of ether oxygens (including phenoxy) is 2. The Morgan fingerprint density at radius 3 is 2.18 bits per heavy atom. The van der Waals surface area contributed by atoms with Crippen molar-refractivity contribution in [2.45, 2.75) is 13.0 Å². The van der Waals surface area contributed by atoms with Gasteiger partial charge in [-0.1, -0.05) is 30.3 Å². The predicted molar refractivity (Wildman–Crippen MR) is 86.2 cm³/mol. The summed E-state index contributed by atoms with van der Waals surface area (Å²) >= 11 is 0. The van der Waals surface area contributed by atoms with Gasteiger partial charge in [0, 0.05) is 0 Å². The fourth-order valence-electron chi connectivity index (χ4n) is 2.18. The molecule has 0 aliphatic rings. The van der Waals surface area contributed by atoms with Crippen molar-refractivity contribution in [1.29, 1.82) is 5.26 Å². The maximum absolute atomic E-state index is 8.73. The zero-order valence-electron chi connectivity index (χ0n) is 12.2. The van der Waals surface area contributed by atoms with Gasteiger partial charge in [-0.2, -0.15) is 5.26 Å². The minimum absolute atomic E-state index is 0.466. The van der Waals surface area contributed by atoms with E-state index in [1.807, 2.05) is 48.5 Å². The summed E-state index contributed by atoms with van der Waals surface area (Å²) in [5.74, 6) is 2.17. The Hall–Kier alpha value is -2.99. The van der Waals surface area contributed by atoms with Crippen molar-refractivity contribution in [3.63, 3.8) is 0 Å². The summed E-state index contributed by atoms with van der Waals surface area (Å²) in [5, 5.41) is 11.1. The van der Waals surface area contributed by atoms with Crippen molar-refractivity contribution in [2.75, 3.05) is 0 Å². The van der Waals surface area contributed by atoms with Crippen molar-refractivity contribution < 1.29 is 9.47 Å². The molecular formula is C19H15NO2. The molecule has 3 aromatic carbocycles. The molecule has 0 heterocycles. The SMILES string of the molecule is CC(C#N)Oc1ccc(Oc2ccc3ccccc3c2)cc1. The molecule has 0 saturated heterocycles. The molecule has 0 aromatic heterocycles. The molecule has 3 aromatic rings. The molecule has 3 nitrogen and oxygen atoms in total. The van der Waals surface area contributed by atoms with Crippen LogP contribution in [-0.4, -0.2) is 6.10 Å². The number of nitriles is 1. The Balaban J connectivity index is 1.75. The van der Waals surface area contributed by atoms with Gasteiger partial charge < -0.3 is 9.47 Å². The number of hydrogen-bond acceptors (Lipinski definition) is 3. The minimum Gasteiger partial charge on any atom is -0.476 e. The Kier molecular flexibility index (Phi) is 3.93.